The van der Waals surface area contributed by atoms with E-state index in [1.165, 1.54) is 22.0 Å². The van der Waals surface area contributed by atoms with Gasteiger partial charge in [0.25, 0.3) is 0 Å². The highest BCUT2D eigenvalue weighted by atomic mass is 16.5. The van der Waals surface area contributed by atoms with Crippen LogP contribution in [0.25, 0.3) is 0 Å². The number of ether oxygens (including phenoxy) is 2. The Morgan fingerprint density at radius 1 is 0.684 bits per heavy atom. The molecular formula is C29H41N3O6. The van der Waals surface area contributed by atoms with E-state index in [0.29, 0.717) is 38.0 Å². The first-order chi connectivity index (χ1) is 18.2. The second-order valence-electron chi connectivity index (χ2n) is 8.73. The van der Waals surface area contributed by atoms with Gasteiger partial charge in [0.2, 0.25) is 0 Å². The van der Waals surface area contributed by atoms with Crippen molar-refractivity contribution >= 4 is 23.8 Å². The first-order valence-corrected chi connectivity index (χ1v) is 12.8. The standard InChI is InChI=1S/C29H41N3O6/c1-7-23(4)15-14-18-30-25(6)31(19-21-37-24(5)8-2)29(36)32(28(30)35)20-22-38-27(34)17-13-11-10-12-16-26(33)9-3/h7-9H,1-6,10-22H2. The molecule has 1 aliphatic rings. The molecule has 1 saturated heterocycles. The van der Waals surface area contributed by atoms with Gasteiger partial charge in [-0.2, -0.15) is 0 Å². The zero-order chi connectivity index (χ0) is 28.5. The molecule has 1 heterocycles. The number of rotatable bonds is 21. The second-order valence-corrected chi connectivity index (χ2v) is 8.73. The van der Waals surface area contributed by atoms with Gasteiger partial charge in [-0.3, -0.25) is 19.4 Å². The third-order valence-electron chi connectivity index (χ3n) is 5.90. The van der Waals surface area contributed by atoms with E-state index >= 15 is 0 Å². The van der Waals surface area contributed by atoms with Gasteiger partial charge in [-0.1, -0.05) is 64.0 Å². The third kappa shape index (κ3) is 11.0. The number of nitrogens with zero attached hydrogens (tertiary/aromatic N) is 3. The first-order valence-electron chi connectivity index (χ1n) is 12.8. The maximum Gasteiger partial charge on any atom is 0.333 e. The number of carbonyl (C=O) groups excluding carboxylic acids is 4. The van der Waals surface area contributed by atoms with Gasteiger partial charge in [-0.15, -0.1) is 0 Å². The Balaban J connectivity index is 2.67. The van der Waals surface area contributed by atoms with Gasteiger partial charge >= 0.3 is 18.0 Å². The number of hydrogen-bond acceptors (Lipinski definition) is 6. The average molecular weight is 528 g/mol. The quantitative estimate of drug-likeness (QED) is 0.0643. The van der Waals surface area contributed by atoms with Gasteiger partial charge in [0.05, 0.1) is 13.1 Å². The first kappa shape index (κ1) is 32.1. The van der Waals surface area contributed by atoms with E-state index in [1.807, 2.05) is 0 Å². The van der Waals surface area contributed by atoms with Crippen molar-refractivity contribution < 1.29 is 28.7 Å². The van der Waals surface area contributed by atoms with E-state index in [2.05, 4.69) is 39.5 Å². The van der Waals surface area contributed by atoms with Crippen molar-refractivity contribution in [2.75, 3.05) is 32.8 Å². The molecule has 1 rings (SSSR count). The van der Waals surface area contributed by atoms with E-state index in [4.69, 9.17) is 9.47 Å². The summed E-state index contributed by atoms with van der Waals surface area (Å²) in [5.41, 5.74) is 0.846. The molecule has 0 aromatic carbocycles. The summed E-state index contributed by atoms with van der Waals surface area (Å²) >= 11 is 0. The highest BCUT2D eigenvalue weighted by Gasteiger charge is 2.39. The minimum atomic E-state index is -0.565. The number of esters is 1. The fourth-order valence-electron chi connectivity index (χ4n) is 3.62. The van der Waals surface area contributed by atoms with Gasteiger partial charge in [-0.25, -0.2) is 14.5 Å². The van der Waals surface area contributed by atoms with E-state index in [-0.39, 0.29) is 44.3 Å². The molecule has 0 bridgehead atoms. The second kappa shape index (κ2) is 17.6. The lowest BCUT2D eigenvalue weighted by molar-refractivity contribution is -0.144. The molecule has 0 unspecified atom stereocenters. The molecule has 0 saturated carbocycles. The van der Waals surface area contributed by atoms with Crippen LogP contribution in [0.2, 0.25) is 0 Å². The highest BCUT2D eigenvalue weighted by Crippen LogP contribution is 2.22. The number of ketones is 1. The largest absolute Gasteiger partial charge is 0.492 e. The molecule has 9 nitrogen and oxygen atoms in total. The normalized spacial score (nSPS) is 13.3. The van der Waals surface area contributed by atoms with Crippen LogP contribution in [0.15, 0.2) is 74.9 Å². The molecule has 0 aliphatic carbocycles. The summed E-state index contributed by atoms with van der Waals surface area (Å²) in [6.07, 6.45) is 9.39. The lowest BCUT2D eigenvalue weighted by atomic mass is 10.1. The van der Waals surface area contributed by atoms with Crippen LogP contribution >= 0.6 is 0 Å². The summed E-state index contributed by atoms with van der Waals surface area (Å²) in [7, 11) is 0. The van der Waals surface area contributed by atoms with Crippen LogP contribution in [0.3, 0.4) is 0 Å². The number of urea groups is 2. The molecule has 208 valence electrons. The third-order valence-corrected chi connectivity index (χ3v) is 5.90. The lowest BCUT2D eigenvalue weighted by Crippen LogP contribution is -2.60. The van der Waals surface area contributed by atoms with Crippen molar-refractivity contribution in [2.45, 2.75) is 51.4 Å². The Labute approximate surface area is 226 Å². The Morgan fingerprint density at radius 2 is 1.26 bits per heavy atom. The Hall–Kier alpha value is -3.88. The minimum Gasteiger partial charge on any atom is -0.492 e. The molecule has 9 heteroatoms. The predicted molar refractivity (Wildman–Crippen MR) is 148 cm³/mol. The number of imide groups is 1. The Bertz CT molecular complexity index is 891. The SMILES string of the molecule is C=CC(=C)CCCN1C(=C)N(CCOC(=C)C=C)C(=O)N(CCOC(=O)CCCCCCC(=O)C=C)C1=O. The van der Waals surface area contributed by atoms with Crippen LogP contribution in [0.4, 0.5) is 9.59 Å². The summed E-state index contributed by atoms with van der Waals surface area (Å²) < 4.78 is 10.7. The van der Waals surface area contributed by atoms with Gasteiger partial charge in [0.1, 0.15) is 24.8 Å². The van der Waals surface area contributed by atoms with Crippen LogP contribution in [0, 0.1) is 0 Å². The summed E-state index contributed by atoms with van der Waals surface area (Å²) in [5, 5.41) is 0. The molecule has 0 radical (unpaired) electrons. The van der Waals surface area contributed by atoms with Crippen molar-refractivity contribution in [2.24, 2.45) is 0 Å². The maximum absolute atomic E-state index is 13.2. The fourth-order valence-corrected chi connectivity index (χ4v) is 3.62. The van der Waals surface area contributed by atoms with Crippen LogP contribution in [0.5, 0.6) is 0 Å². The van der Waals surface area contributed by atoms with Gasteiger partial charge in [0.15, 0.2) is 5.78 Å². The zero-order valence-electron chi connectivity index (χ0n) is 22.5. The van der Waals surface area contributed by atoms with Crippen LogP contribution in [0.1, 0.15) is 51.4 Å². The van der Waals surface area contributed by atoms with Gasteiger partial charge in [-0.05, 0) is 37.8 Å². The molecule has 1 aliphatic heterocycles. The van der Waals surface area contributed by atoms with E-state index in [0.717, 1.165) is 29.7 Å². The van der Waals surface area contributed by atoms with Crippen molar-refractivity contribution in [1.82, 2.24) is 14.7 Å². The van der Waals surface area contributed by atoms with Crippen molar-refractivity contribution in [3.8, 4) is 0 Å². The maximum atomic E-state index is 13.2. The van der Waals surface area contributed by atoms with Crippen molar-refractivity contribution in [1.29, 1.82) is 0 Å². The van der Waals surface area contributed by atoms with Crippen LogP contribution < -0.4 is 0 Å². The molecule has 0 spiro atoms. The van der Waals surface area contributed by atoms with Gasteiger partial charge in [0, 0.05) is 19.4 Å². The molecule has 38 heavy (non-hydrogen) atoms. The number of unbranched alkanes of at least 4 members (excludes halogenated alkanes) is 3. The minimum absolute atomic E-state index is 0.0175. The van der Waals surface area contributed by atoms with E-state index < -0.39 is 18.0 Å². The molecule has 4 amide bonds. The summed E-state index contributed by atoms with van der Waals surface area (Å²) in [4.78, 5) is 53.5. The Kier molecular flexibility index (Phi) is 14.9. The summed E-state index contributed by atoms with van der Waals surface area (Å²) in [6.45, 7) is 22.6. The highest BCUT2D eigenvalue weighted by molar-refractivity contribution is 5.98. The van der Waals surface area contributed by atoms with Crippen LogP contribution in [-0.4, -0.2) is 71.4 Å². The van der Waals surface area contributed by atoms with E-state index in [1.54, 1.807) is 6.08 Å². The summed E-state index contributed by atoms with van der Waals surface area (Å²) in [5.74, 6) is 0.232. The average Bonchev–Trinajstić information content (AvgIpc) is 2.91. The zero-order valence-corrected chi connectivity index (χ0v) is 22.5. The predicted octanol–water partition coefficient (Wildman–Crippen LogP) is 5.49. The monoisotopic (exact) mass is 527 g/mol. The number of allylic oxidation sites excluding steroid dienone is 4. The molecule has 1 fully saturated rings. The number of hydrogen-bond donors (Lipinski definition) is 0. The Morgan fingerprint density at radius 3 is 1.87 bits per heavy atom. The molecule has 0 atom stereocenters. The van der Waals surface area contributed by atoms with Crippen LogP contribution in [-0.2, 0) is 19.1 Å². The molecule has 0 aromatic rings. The topological polar surface area (TPSA) is 96.5 Å². The fraction of sp³-hybridized carbons (Fsp3) is 0.448. The number of carbonyl (C=O) groups is 4. The summed E-state index contributed by atoms with van der Waals surface area (Å²) in [6, 6.07) is -1.09. The molecule has 0 aromatic heterocycles. The van der Waals surface area contributed by atoms with Crippen molar-refractivity contribution in [3.05, 3.63) is 74.9 Å². The number of amides is 4. The molecule has 0 N–H and O–H groups in total. The van der Waals surface area contributed by atoms with Crippen molar-refractivity contribution in [3.63, 3.8) is 0 Å². The molecular weight excluding hydrogens is 486 g/mol. The van der Waals surface area contributed by atoms with E-state index in [9.17, 15) is 19.2 Å². The van der Waals surface area contributed by atoms with Gasteiger partial charge < -0.3 is 9.47 Å². The smallest absolute Gasteiger partial charge is 0.333 e. The lowest BCUT2D eigenvalue weighted by Gasteiger charge is -2.42.